The van der Waals surface area contributed by atoms with Gasteiger partial charge in [0.05, 0.1) is 19.9 Å². The highest BCUT2D eigenvalue weighted by molar-refractivity contribution is 5.97. The Morgan fingerprint density at radius 2 is 2.00 bits per heavy atom. The minimum atomic E-state index is -0.224. The average molecular weight is 351 g/mol. The maximum absolute atomic E-state index is 12.6. The van der Waals surface area contributed by atoms with Gasteiger partial charge < -0.3 is 24.4 Å². The molecule has 0 spiro atoms. The maximum atomic E-state index is 12.6. The highest BCUT2D eigenvalue weighted by Gasteiger charge is 2.32. The molecule has 8 nitrogen and oxygen atoms in total. The summed E-state index contributed by atoms with van der Waals surface area (Å²) >= 11 is 0. The zero-order chi connectivity index (χ0) is 18.2. The predicted octanol–water partition coefficient (Wildman–Crippen LogP) is 1.10. The van der Waals surface area contributed by atoms with Crippen LogP contribution in [0.2, 0.25) is 0 Å². The van der Waals surface area contributed by atoms with Crippen LogP contribution in [0.3, 0.4) is 0 Å². The van der Waals surface area contributed by atoms with E-state index in [0.717, 1.165) is 6.42 Å². The number of amides is 3. The van der Waals surface area contributed by atoms with Gasteiger partial charge in [0.2, 0.25) is 5.91 Å². The smallest absolute Gasteiger partial charge is 0.325 e. The van der Waals surface area contributed by atoms with Crippen molar-refractivity contribution in [3.05, 3.63) is 18.2 Å². The second-order valence-electron chi connectivity index (χ2n) is 5.59. The Balaban J connectivity index is 1.98. The van der Waals surface area contributed by atoms with E-state index in [0.29, 0.717) is 43.4 Å². The molecule has 2 rings (SSSR count). The van der Waals surface area contributed by atoms with Crippen LogP contribution in [0.1, 0.15) is 6.42 Å². The number of nitrogens with zero attached hydrogens (tertiary/aromatic N) is 2. The summed E-state index contributed by atoms with van der Waals surface area (Å²) in [5.41, 5.74) is 0.634. The predicted molar refractivity (Wildman–Crippen MR) is 93.4 cm³/mol. The van der Waals surface area contributed by atoms with Gasteiger partial charge in [-0.15, -0.1) is 0 Å². The molecule has 0 aliphatic carbocycles. The summed E-state index contributed by atoms with van der Waals surface area (Å²) in [5.74, 6) is 1.04. The van der Waals surface area contributed by atoms with Crippen molar-refractivity contribution in [1.29, 1.82) is 0 Å². The van der Waals surface area contributed by atoms with Crippen molar-refractivity contribution in [2.24, 2.45) is 0 Å². The number of urea groups is 1. The number of hydrogen-bond donors (Lipinski definition) is 1. The lowest BCUT2D eigenvalue weighted by atomic mass is 10.2. The first-order chi connectivity index (χ1) is 12.1. The Morgan fingerprint density at radius 1 is 1.20 bits per heavy atom. The Morgan fingerprint density at radius 3 is 2.68 bits per heavy atom. The minimum absolute atomic E-state index is 0.0363. The van der Waals surface area contributed by atoms with Gasteiger partial charge in [0.25, 0.3) is 0 Å². The van der Waals surface area contributed by atoms with Crippen LogP contribution in [0.15, 0.2) is 18.2 Å². The molecule has 0 aromatic heterocycles. The fourth-order valence-electron chi connectivity index (χ4n) is 2.63. The third-order valence-corrected chi connectivity index (χ3v) is 3.95. The van der Waals surface area contributed by atoms with E-state index in [-0.39, 0.29) is 18.5 Å². The highest BCUT2D eigenvalue weighted by Crippen LogP contribution is 2.34. The molecule has 0 radical (unpaired) electrons. The van der Waals surface area contributed by atoms with E-state index >= 15 is 0 Å². The molecule has 138 valence electrons. The van der Waals surface area contributed by atoms with E-state index in [2.05, 4.69) is 5.32 Å². The summed E-state index contributed by atoms with van der Waals surface area (Å²) in [6.07, 6.45) is 0.739. The fraction of sp³-hybridized carbons (Fsp3) is 0.529. The van der Waals surface area contributed by atoms with Crippen LogP contribution in [0.4, 0.5) is 10.5 Å². The van der Waals surface area contributed by atoms with Crippen LogP contribution in [-0.4, -0.2) is 71.0 Å². The molecule has 0 atom stereocenters. The summed E-state index contributed by atoms with van der Waals surface area (Å²) in [6.45, 7) is 2.12. The van der Waals surface area contributed by atoms with Crippen molar-refractivity contribution in [3.63, 3.8) is 0 Å². The highest BCUT2D eigenvalue weighted by atomic mass is 16.5. The monoisotopic (exact) mass is 351 g/mol. The van der Waals surface area contributed by atoms with Crippen molar-refractivity contribution < 1.29 is 23.8 Å². The van der Waals surface area contributed by atoms with Crippen molar-refractivity contribution in [2.45, 2.75) is 6.42 Å². The summed E-state index contributed by atoms with van der Waals surface area (Å²) in [6, 6.07) is 5.06. The van der Waals surface area contributed by atoms with E-state index in [9.17, 15) is 9.59 Å². The molecule has 0 unspecified atom stereocenters. The molecule has 1 aliphatic heterocycles. The summed E-state index contributed by atoms with van der Waals surface area (Å²) in [7, 11) is 4.74. The van der Waals surface area contributed by atoms with E-state index in [1.165, 1.54) is 4.90 Å². The molecule has 1 aliphatic rings. The quantitative estimate of drug-likeness (QED) is 0.674. The molecule has 1 heterocycles. The Kier molecular flexibility index (Phi) is 6.88. The van der Waals surface area contributed by atoms with E-state index in [1.54, 1.807) is 44.4 Å². The first-order valence-corrected chi connectivity index (χ1v) is 8.14. The summed E-state index contributed by atoms with van der Waals surface area (Å²) in [5, 5.41) is 2.78. The topological polar surface area (TPSA) is 80.3 Å². The van der Waals surface area contributed by atoms with Gasteiger partial charge in [0.1, 0.15) is 18.0 Å². The number of carbonyl (C=O) groups is 2. The average Bonchev–Trinajstić information content (AvgIpc) is 2.98. The van der Waals surface area contributed by atoms with Gasteiger partial charge in [-0.3, -0.25) is 9.69 Å². The first-order valence-electron chi connectivity index (χ1n) is 8.14. The standard InChI is InChI=1S/C17H25N3O5/c1-23-10-4-7-18-16(21)12-19-8-9-20(17(19)22)14-11-13(24-2)5-6-15(14)25-3/h5-6,11H,4,7-10,12H2,1-3H3,(H,18,21). The molecule has 1 N–H and O–H groups in total. The molecule has 1 fully saturated rings. The minimum Gasteiger partial charge on any atom is -0.497 e. The second-order valence-corrected chi connectivity index (χ2v) is 5.59. The van der Waals surface area contributed by atoms with Gasteiger partial charge in [-0.1, -0.05) is 0 Å². The number of anilines is 1. The summed E-state index contributed by atoms with van der Waals surface area (Å²) in [4.78, 5) is 27.7. The van der Waals surface area contributed by atoms with Crippen molar-refractivity contribution in [1.82, 2.24) is 10.2 Å². The van der Waals surface area contributed by atoms with Gasteiger partial charge in [0, 0.05) is 39.4 Å². The zero-order valence-corrected chi connectivity index (χ0v) is 14.9. The lowest BCUT2D eigenvalue weighted by Crippen LogP contribution is -2.40. The van der Waals surface area contributed by atoms with Crippen molar-refractivity contribution in [3.8, 4) is 11.5 Å². The zero-order valence-electron chi connectivity index (χ0n) is 14.9. The molecule has 0 saturated carbocycles. The second kappa shape index (κ2) is 9.12. The molecule has 1 aromatic carbocycles. The number of benzene rings is 1. The largest absolute Gasteiger partial charge is 0.497 e. The van der Waals surface area contributed by atoms with Crippen LogP contribution < -0.4 is 19.7 Å². The molecular weight excluding hydrogens is 326 g/mol. The Labute approximate surface area is 147 Å². The number of ether oxygens (including phenoxy) is 3. The normalized spacial score (nSPS) is 14.0. The molecule has 8 heteroatoms. The Bertz CT molecular complexity index is 608. The molecule has 25 heavy (non-hydrogen) atoms. The SMILES string of the molecule is COCCCNC(=O)CN1CCN(c2cc(OC)ccc2OC)C1=O. The van der Waals surface area contributed by atoms with Crippen LogP contribution >= 0.6 is 0 Å². The number of nitrogens with one attached hydrogen (secondary N) is 1. The first kappa shape index (κ1) is 18.9. The van der Waals surface area contributed by atoms with Gasteiger partial charge in [-0.2, -0.15) is 0 Å². The lowest BCUT2D eigenvalue weighted by molar-refractivity contribution is -0.121. The van der Waals surface area contributed by atoms with E-state index in [4.69, 9.17) is 14.2 Å². The van der Waals surface area contributed by atoms with Crippen molar-refractivity contribution >= 4 is 17.6 Å². The third-order valence-electron chi connectivity index (χ3n) is 3.95. The number of carbonyl (C=O) groups excluding carboxylic acids is 2. The van der Waals surface area contributed by atoms with Crippen LogP contribution in [0, 0.1) is 0 Å². The number of hydrogen-bond acceptors (Lipinski definition) is 5. The van der Waals surface area contributed by atoms with Gasteiger partial charge in [-0.25, -0.2) is 4.79 Å². The van der Waals surface area contributed by atoms with Crippen LogP contribution in [-0.2, 0) is 9.53 Å². The molecule has 1 saturated heterocycles. The molecular formula is C17H25N3O5. The maximum Gasteiger partial charge on any atom is 0.325 e. The van der Waals surface area contributed by atoms with E-state index in [1.807, 2.05) is 0 Å². The van der Waals surface area contributed by atoms with Gasteiger partial charge in [-0.05, 0) is 18.6 Å². The van der Waals surface area contributed by atoms with E-state index < -0.39 is 0 Å². The Hall–Kier alpha value is -2.48. The van der Waals surface area contributed by atoms with Crippen LogP contribution in [0.5, 0.6) is 11.5 Å². The van der Waals surface area contributed by atoms with Crippen molar-refractivity contribution in [2.75, 3.05) is 59.0 Å². The van der Waals surface area contributed by atoms with Gasteiger partial charge >= 0.3 is 6.03 Å². The lowest BCUT2D eigenvalue weighted by Gasteiger charge is -2.21. The molecule has 1 aromatic rings. The number of methoxy groups -OCH3 is 3. The summed E-state index contributed by atoms with van der Waals surface area (Å²) < 4.78 is 15.5. The fourth-order valence-corrected chi connectivity index (χ4v) is 2.63. The van der Waals surface area contributed by atoms with Crippen LogP contribution in [0.25, 0.3) is 0 Å². The number of rotatable bonds is 9. The molecule has 3 amide bonds. The van der Waals surface area contributed by atoms with Gasteiger partial charge in [0.15, 0.2) is 0 Å². The third kappa shape index (κ3) is 4.76. The molecule has 0 bridgehead atoms.